The molecule has 1 aliphatic rings. The van der Waals surface area contributed by atoms with Crippen molar-refractivity contribution in [3.8, 4) is 0 Å². The Morgan fingerprint density at radius 2 is 1.70 bits per heavy atom. The van der Waals surface area contributed by atoms with Crippen LogP contribution in [0.1, 0.15) is 13.3 Å². The number of hydrogen-bond donors (Lipinski definition) is 0. The summed E-state index contributed by atoms with van der Waals surface area (Å²) >= 11 is 0. The molecule has 0 unspecified atom stereocenters. The minimum atomic E-state index is -3.15. The van der Waals surface area contributed by atoms with Gasteiger partial charge in [-0.05, 0) is 30.7 Å². The molecule has 1 aliphatic heterocycles. The van der Waals surface area contributed by atoms with Crippen LogP contribution in [-0.2, 0) is 14.6 Å². The summed E-state index contributed by atoms with van der Waals surface area (Å²) in [5.74, 6) is 0.110. The smallest absolute Gasteiger partial charge is 0.219 e. The van der Waals surface area contributed by atoms with Gasteiger partial charge in [0.2, 0.25) is 5.91 Å². The fourth-order valence-electron chi connectivity index (χ4n) is 2.39. The van der Waals surface area contributed by atoms with Crippen LogP contribution in [0.5, 0.6) is 0 Å². The van der Waals surface area contributed by atoms with Crippen LogP contribution in [0.4, 0.5) is 5.69 Å². The van der Waals surface area contributed by atoms with E-state index >= 15 is 0 Å². The topological polar surface area (TPSA) is 57.7 Å². The van der Waals surface area contributed by atoms with Gasteiger partial charge in [0.25, 0.3) is 0 Å². The lowest BCUT2D eigenvalue weighted by molar-refractivity contribution is -0.128. The number of carbonyl (C=O) groups is 1. The van der Waals surface area contributed by atoms with E-state index in [2.05, 4.69) is 4.90 Å². The van der Waals surface area contributed by atoms with E-state index < -0.39 is 9.84 Å². The van der Waals surface area contributed by atoms with Gasteiger partial charge in [-0.15, -0.1) is 0 Å². The van der Waals surface area contributed by atoms with Crippen LogP contribution >= 0.6 is 0 Å². The molecule has 0 atom stereocenters. The van der Waals surface area contributed by atoms with Crippen molar-refractivity contribution in [2.24, 2.45) is 0 Å². The first kappa shape index (κ1) is 14.8. The lowest BCUT2D eigenvalue weighted by Gasteiger charge is -2.23. The van der Waals surface area contributed by atoms with Crippen molar-refractivity contribution in [2.45, 2.75) is 18.2 Å². The summed E-state index contributed by atoms with van der Waals surface area (Å²) in [4.78, 5) is 15.8. The van der Waals surface area contributed by atoms with Crippen molar-refractivity contribution in [3.63, 3.8) is 0 Å². The van der Waals surface area contributed by atoms with Gasteiger partial charge in [-0.25, -0.2) is 8.42 Å². The van der Waals surface area contributed by atoms with Crippen LogP contribution in [0.3, 0.4) is 0 Å². The predicted molar refractivity (Wildman–Crippen MR) is 78.6 cm³/mol. The van der Waals surface area contributed by atoms with Gasteiger partial charge < -0.3 is 9.80 Å². The van der Waals surface area contributed by atoms with Gasteiger partial charge in [0.1, 0.15) is 0 Å². The van der Waals surface area contributed by atoms with Crippen molar-refractivity contribution in [1.29, 1.82) is 0 Å². The number of carbonyl (C=O) groups excluding carboxylic acids is 1. The zero-order valence-corrected chi connectivity index (χ0v) is 12.7. The number of sulfone groups is 1. The van der Waals surface area contributed by atoms with Gasteiger partial charge >= 0.3 is 0 Å². The summed E-state index contributed by atoms with van der Waals surface area (Å²) in [6.45, 7) is 4.74. The summed E-state index contributed by atoms with van der Waals surface area (Å²) in [5, 5.41) is 0. The molecule has 0 spiro atoms. The zero-order valence-electron chi connectivity index (χ0n) is 11.9. The molecular weight excluding hydrogens is 276 g/mol. The maximum Gasteiger partial charge on any atom is 0.219 e. The van der Waals surface area contributed by atoms with Crippen LogP contribution in [0.2, 0.25) is 0 Å². The molecular formula is C14H20N2O3S. The Balaban J connectivity index is 2.10. The molecule has 0 N–H and O–H groups in total. The number of amides is 1. The molecule has 0 bridgehead atoms. The number of anilines is 1. The molecule has 1 heterocycles. The first-order chi connectivity index (χ1) is 9.38. The predicted octanol–water partition coefficient (Wildman–Crippen LogP) is 1.15. The van der Waals surface area contributed by atoms with Gasteiger partial charge in [0.15, 0.2) is 9.84 Å². The average molecular weight is 296 g/mol. The molecule has 0 saturated carbocycles. The highest BCUT2D eigenvalue weighted by molar-refractivity contribution is 7.90. The highest BCUT2D eigenvalue weighted by Crippen LogP contribution is 2.19. The third-order valence-corrected chi connectivity index (χ3v) is 4.70. The normalized spacial score (nSPS) is 16.9. The molecule has 0 aromatic heterocycles. The number of rotatable bonds is 2. The number of nitrogens with zero attached hydrogens (tertiary/aromatic N) is 2. The van der Waals surface area contributed by atoms with Crippen LogP contribution in [0, 0.1) is 0 Å². The van der Waals surface area contributed by atoms with Gasteiger partial charge in [-0.3, -0.25) is 4.79 Å². The first-order valence-corrected chi connectivity index (χ1v) is 8.57. The van der Waals surface area contributed by atoms with E-state index in [9.17, 15) is 13.2 Å². The van der Waals surface area contributed by atoms with Crippen LogP contribution < -0.4 is 4.90 Å². The number of hydrogen-bond acceptors (Lipinski definition) is 4. The van der Waals surface area contributed by atoms with E-state index in [-0.39, 0.29) is 5.91 Å². The van der Waals surface area contributed by atoms with E-state index in [1.165, 1.54) is 6.26 Å². The third kappa shape index (κ3) is 3.50. The summed E-state index contributed by atoms with van der Waals surface area (Å²) in [6.07, 6.45) is 2.13. The summed E-state index contributed by atoms with van der Waals surface area (Å²) < 4.78 is 22.9. The molecule has 1 aromatic carbocycles. The standard InChI is InChI=1S/C14H20N2O3S/c1-12(17)15-8-3-9-16(11-10-15)13-4-6-14(7-5-13)20(2,18)19/h4-7H,3,8-11H2,1-2H3. The van der Waals surface area contributed by atoms with Crippen LogP contribution in [0.15, 0.2) is 29.2 Å². The van der Waals surface area contributed by atoms with Gasteiger partial charge in [-0.1, -0.05) is 0 Å². The molecule has 1 fully saturated rings. The maximum atomic E-state index is 11.4. The minimum Gasteiger partial charge on any atom is -0.370 e. The van der Waals surface area contributed by atoms with Crippen LogP contribution in [-0.4, -0.2) is 51.7 Å². The van der Waals surface area contributed by atoms with Crippen LogP contribution in [0.25, 0.3) is 0 Å². The second-order valence-electron chi connectivity index (χ2n) is 5.11. The molecule has 2 rings (SSSR count). The summed E-state index contributed by atoms with van der Waals surface area (Å²) in [7, 11) is -3.15. The second kappa shape index (κ2) is 5.83. The van der Waals surface area contributed by atoms with Gasteiger partial charge in [0.05, 0.1) is 4.90 Å². The SMILES string of the molecule is CC(=O)N1CCCN(c2ccc(S(C)(=O)=O)cc2)CC1. The monoisotopic (exact) mass is 296 g/mol. The lowest BCUT2D eigenvalue weighted by Crippen LogP contribution is -2.33. The zero-order chi connectivity index (χ0) is 14.8. The fraction of sp³-hybridized carbons (Fsp3) is 0.500. The largest absolute Gasteiger partial charge is 0.370 e. The quantitative estimate of drug-likeness (QED) is 0.821. The van der Waals surface area contributed by atoms with Crippen molar-refractivity contribution >= 4 is 21.4 Å². The molecule has 20 heavy (non-hydrogen) atoms. The number of benzene rings is 1. The van der Waals surface area contributed by atoms with E-state index in [1.807, 2.05) is 17.0 Å². The molecule has 5 nitrogen and oxygen atoms in total. The van der Waals surface area contributed by atoms with Gasteiger partial charge in [0, 0.05) is 45.0 Å². The van der Waals surface area contributed by atoms with Crippen molar-refractivity contribution in [3.05, 3.63) is 24.3 Å². The Kier molecular flexibility index (Phi) is 4.32. The second-order valence-corrected chi connectivity index (χ2v) is 7.13. The molecule has 6 heteroatoms. The molecule has 1 saturated heterocycles. The highest BCUT2D eigenvalue weighted by atomic mass is 32.2. The van der Waals surface area contributed by atoms with E-state index in [4.69, 9.17) is 0 Å². The summed E-state index contributed by atoms with van der Waals surface area (Å²) in [5.41, 5.74) is 1.00. The maximum absolute atomic E-state index is 11.4. The highest BCUT2D eigenvalue weighted by Gasteiger charge is 2.17. The Bertz CT molecular complexity index is 581. The lowest BCUT2D eigenvalue weighted by atomic mass is 10.2. The van der Waals surface area contributed by atoms with Gasteiger partial charge in [-0.2, -0.15) is 0 Å². The van der Waals surface area contributed by atoms with E-state index in [0.717, 1.165) is 31.7 Å². The van der Waals surface area contributed by atoms with Crippen molar-refractivity contribution < 1.29 is 13.2 Å². The first-order valence-electron chi connectivity index (χ1n) is 6.68. The van der Waals surface area contributed by atoms with Crippen molar-refractivity contribution in [1.82, 2.24) is 4.90 Å². The average Bonchev–Trinajstić information content (AvgIpc) is 2.63. The van der Waals surface area contributed by atoms with Crippen molar-refractivity contribution in [2.75, 3.05) is 37.3 Å². The van der Waals surface area contributed by atoms with E-state index in [0.29, 0.717) is 11.4 Å². The Hall–Kier alpha value is -1.56. The Morgan fingerprint density at radius 3 is 2.25 bits per heavy atom. The Labute approximate surface area is 120 Å². The molecule has 0 aliphatic carbocycles. The molecule has 1 amide bonds. The van der Waals surface area contributed by atoms with E-state index in [1.54, 1.807) is 19.1 Å². The third-order valence-electron chi connectivity index (χ3n) is 3.57. The minimum absolute atomic E-state index is 0.110. The molecule has 110 valence electrons. The fourth-order valence-corrected chi connectivity index (χ4v) is 3.03. The Morgan fingerprint density at radius 1 is 1.05 bits per heavy atom. The summed E-state index contributed by atoms with van der Waals surface area (Å²) in [6, 6.07) is 6.94. The molecule has 0 radical (unpaired) electrons. The molecule has 1 aromatic rings.